The molecule has 16 heavy (non-hydrogen) atoms. The normalized spacial score (nSPS) is 10.8. The van der Waals surface area contributed by atoms with Gasteiger partial charge in [-0.05, 0) is 23.6 Å². The Balaban J connectivity index is 2.50. The molecule has 0 fully saturated rings. The summed E-state index contributed by atoms with van der Waals surface area (Å²) in [7, 11) is 0. The molecule has 82 valence electrons. The van der Waals surface area contributed by atoms with Crippen molar-refractivity contribution in [2.24, 2.45) is 0 Å². The molecule has 2 aromatic rings. The van der Waals surface area contributed by atoms with Crippen LogP contribution in [0.15, 0.2) is 36.4 Å². The van der Waals surface area contributed by atoms with Crippen LogP contribution in [0.25, 0.3) is 11.3 Å². The predicted octanol–water partition coefficient (Wildman–Crippen LogP) is 3.92. The van der Waals surface area contributed by atoms with Gasteiger partial charge in [-0.15, -0.1) is 0 Å². The van der Waals surface area contributed by atoms with Gasteiger partial charge in [-0.3, -0.25) is 0 Å². The summed E-state index contributed by atoms with van der Waals surface area (Å²) in [5, 5.41) is 0.310. The van der Waals surface area contributed by atoms with Crippen LogP contribution < -0.4 is 0 Å². The molecule has 3 heteroatoms. The molecule has 0 spiro atoms. The minimum atomic E-state index is 0.310. The molecule has 0 amide bonds. The zero-order chi connectivity index (χ0) is 11.5. The Morgan fingerprint density at radius 1 is 1.06 bits per heavy atom. The highest BCUT2D eigenvalue weighted by atomic mass is 35.5. The number of hydrogen-bond donors (Lipinski definition) is 0. The highest BCUT2D eigenvalue weighted by molar-refractivity contribution is 6.28. The molecule has 1 aromatic heterocycles. The Bertz CT molecular complexity index is 481. The van der Waals surface area contributed by atoms with Crippen molar-refractivity contribution in [2.45, 2.75) is 19.8 Å². The Morgan fingerprint density at radius 2 is 1.75 bits per heavy atom. The van der Waals surface area contributed by atoms with Crippen molar-refractivity contribution in [3.63, 3.8) is 0 Å². The molecule has 1 heterocycles. The quantitative estimate of drug-likeness (QED) is 0.734. The third-order valence-corrected chi connectivity index (χ3v) is 2.55. The summed E-state index contributed by atoms with van der Waals surface area (Å²) in [6.07, 6.45) is 0. The second-order valence-electron chi connectivity index (χ2n) is 3.97. The fourth-order valence-corrected chi connectivity index (χ4v) is 1.68. The largest absolute Gasteiger partial charge is 0.223 e. The molecule has 0 aliphatic carbocycles. The standard InChI is InChI=1S/C13H13ClN2/c1-9(2)11-8-12(16-13(14)15-11)10-6-4-3-5-7-10/h3-9H,1-2H3. The summed E-state index contributed by atoms with van der Waals surface area (Å²) in [6, 6.07) is 12.0. The minimum Gasteiger partial charge on any atom is -0.223 e. The third-order valence-electron chi connectivity index (χ3n) is 2.38. The SMILES string of the molecule is CC(C)c1cc(-c2ccccc2)nc(Cl)n1. The van der Waals surface area contributed by atoms with Crippen molar-refractivity contribution in [2.75, 3.05) is 0 Å². The molecule has 0 atom stereocenters. The lowest BCUT2D eigenvalue weighted by Gasteiger charge is -2.07. The molecule has 2 nitrogen and oxygen atoms in total. The summed E-state index contributed by atoms with van der Waals surface area (Å²) in [5.74, 6) is 0.350. The van der Waals surface area contributed by atoms with Gasteiger partial charge < -0.3 is 0 Å². The van der Waals surface area contributed by atoms with Gasteiger partial charge in [-0.2, -0.15) is 0 Å². The number of hydrogen-bond acceptors (Lipinski definition) is 2. The van der Waals surface area contributed by atoms with Gasteiger partial charge in [-0.25, -0.2) is 9.97 Å². The Hall–Kier alpha value is -1.41. The maximum atomic E-state index is 5.92. The van der Waals surface area contributed by atoms with E-state index >= 15 is 0 Å². The lowest BCUT2D eigenvalue weighted by Crippen LogP contribution is -1.96. The molecule has 2 rings (SSSR count). The first-order chi connectivity index (χ1) is 7.66. The zero-order valence-corrected chi connectivity index (χ0v) is 10.1. The second kappa shape index (κ2) is 4.62. The van der Waals surface area contributed by atoms with E-state index in [1.807, 2.05) is 36.4 Å². The van der Waals surface area contributed by atoms with Gasteiger partial charge in [0.25, 0.3) is 0 Å². The molecule has 0 saturated heterocycles. The van der Waals surface area contributed by atoms with E-state index < -0.39 is 0 Å². The lowest BCUT2D eigenvalue weighted by molar-refractivity contribution is 0.815. The number of nitrogens with zero attached hydrogens (tertiary/aromatic N) is 2. The first kappa shape index (κ1) is 11.1. The van der Waals surface area contributed by atoms with Crippen LogP contribution in [0.5, 0.6) is 0 Å². The van der Waals surface area contributed by atoms with Crippen LogP contribution in [0.1, 0.15) is 25.5 Å². The highest BCUT2D eigenvalue weighted by Crippen LogP contribution is 2.22. The first-order valence-electron chi connectivity index (χ1n) is 5.26. The van der Waals surface area contributed by atoms with Crippen LogP contribution in [-0.2, 0) is 0 Å². The van der Waals surface area contributed by atoms with E-state index in [9.17, 15) is 0 Å². The number of aromatic nitrogens is 2. The Kier molecular flexibility index (Phi) is 3.20. The van der Waals surface area contributed by atoms with E-state index in [0.717, 1.165) is 17.0 Å². The van der Waals surface area contributed by atoms with Gasteiger partial charge in [0.05, 0.1) is 5.69 Å². The summed E-state index contributed by atoms with van der Waals surface area (Å²) < 4.78 is 0. The van der Waals surface area contributed by atoms with E-state index in [2.05, 4.69) is 23.8 Å². The molecule has 0 bridgehead atoms. The monoisotopic (exact) mass is 232 g/mol. The van der Waals surface area contributed by atoms with Crippen molar-refractivity contribution in [1.82, 2.24) is 9.97 Å². The fourth-order valence-electron chi connectivity index (χ4n) is 1.49. The van der Waals surface area contributed by atoms with Crippen LogP contribution in [-0.4, -0.2) is 9.97 Å². The van der Waals surface area contributed by atoms with E-state index in [4.69, 9.17) is 11.6 Å². The van der Waals surface area contributed by atoms with Gasteiger partial charge in [-0.1, -0.05) is 44.2 Å². The van der Waals surface area contributed by atoms with Gasteiger partial charge in [0.2, 0.25) is 5.28 Å². The van der Waals surface area contributed by atoms with Crippen LogP contribution in [0.2, 0.25) is 5.28 Å². The third kappa shape index (κ3) is 2.39. The van der Waals surface area contributed by atoms with Gasteiger partial charge >= 0.3 is 0 Å². The minimum absolute atomic E-state index is 0.310. The maximum Gasteiger partial charge on any atom is 0.223 e. The van der Waals surface area contributed by atoms with Crippen LogP contribution in [0.4, 0.5) is 0 Å². The molecule has 1 aromatic carbocycles. The molecule has 0 aliphatic heterocycles. The van der Waals surface area contributed by atoms with Gasteiger partial charge in [0, 0.05) is 11.3 Å². The maximum absolute atomic E-state index is 5.92. The molecule has 0 radical (unpaired) electrons. The number of halogens is 1. The lowest BCUT2D eigenvalue weighted by atomic mass is 10.1. The predicted molar refractivity (Wildman–Crippen MR) is 66.6 cm³/mol. The van der Waals surface area contributed by atoms with Crippen molar-refractivity contribution >= 4 is 11.6 Å². The molecule has 0 aliphatic rings. The summed E-state index contributed by atoms with van der Waals surface area (Å²) in [6.45, 7) is 4.18. The summed E-state index contributed by atoms with van der Waals surface area (Å²) in [4.78, 5) is 8.45. The van der Waals surface area contributed by atoms with E-state index in [-0.39, 0.29) is 0 Å². The smallest absolute Gasteiger partial charge is 0.223 e. The summed E-state index contributed by atoms with van der Waals surface area (Å²) >= 11 is 5.92. The number of rotatable bonds is 2. The topological polar surface area (TPSA) is 25.8 Å². The van der Waals surface area contributed by atoms with Crippen molar-refractivity contribution in [3.05, 3.63) is 47.4 Å². The van der Waals surface area contributed by atoms with Crippen LogP contribution >= 0.6 is 11.6 Å². The van der Waals surface area contributed by atoms with E-state index in [0.29, 0.717) is 11.2 Å². The molecule has 0 unspecified atom stereocenters. The molecule has 0 saturated carbocycles. The first-order valence-corrected chi connectivity index (χ1v) is 5.64. The number of benzene rings is 1. The Labute approximate surface area is 100 Å². The van der Waals surface area contributed by atoms with Crippen LogP contribution in [0, 0.1) is 0 Å². The van der Waals surface area contributed by atoms with Crippen molar-refractivity contribution in [3.8, 4) is 11.3 Å². The van der Waals surface area contributed by atoms with Crippen LogP contribution in [0.3, 0.4) is 0 Å². The van der Waals surface area contributed by atoms with Crippen molar-refractivity contribution in [1.29, 1.82) is 0 Å². The summed E-state index contributed by atoms with van der Waals surface area (Å²) in [5.41, 5.74) is 2.91. The molecular weight excluding hydrogens is 220 g/mol. The average molecular weight is 233 g/mol. The van der Waals surface area contributed by atoms with E-state index in [1.165, 1.54) is 0 Å². The fraction of sp³-hybridized carbons (Fsp3) is 0.231. The van der Waals surface area contributed by atoms with Crippen molar-refractivity contribution < 1.29 is 0 Å². The highest BCUT2D eigenvalue weighted by Gasteiger charge is 2.07. The van der Waals surface area contributed by atoms with Gasteiger partial charge in [0.15, 0.2) is 0 Å². The zero-order valence-electron chi connectivity index (χ0n) is 9.31. The Morgan fingerprint density at radius 3 is 2.38 bits per heavy atom. The molecular formula is C13H13ClN2. The second-order valence-corrected chi connectivity index (χ2v) is 4.31. The average Bonchev–Trinajstić information content (AvgIpc) is 2.29. The van der Waals surface area contributed by atoms with Gasteiger partial charge in [0.1, 0.15) is 0 Å². The molecule has 0 N–H and O–H groups in total. The van der Waals surface area contributed by atoms with E-state index in [1.54, 1.807) is 0 Å².